The average Bonchev–Trinajstić information content (AvgIpc) is 2.34. The first-order chi connectivity index (χ1) is 8.19. The zero-order chi connectivity index (χ0) is 12.7. The van der Waals surface area contributed by atoms with Crippen LogP contribution < -0.4 is 11.3 Å². The van der Waals surface area contributed by atoms with E-state index in [-0.39, 0.29) is 12.3 Å². The van der Waals surface area contributed by atoms with Crippen molar-refractivity contribution in [3.05, 3.63) is 33.9 Å². The maximum absolute atomic E-state index is 10.6. The van der Waals surface area contributed by atoms with Crippen LogP contribution in [0.15, 0.2) is 18.2 Å². The zero-order valence-electron chi connectivity index (χ0n) is 9.26. The van der Waals surface area contributed by atoms with Crippen molar-refractivity contribution in [2.75, 3.05) is 17.8 Å². The molecule has 0 amide bonds. The summed E-state index contributed by atoms with van der Waals surface area (Å²) in [6.07, 6.45) is 0.713. The molecule has 1 aromatic carbocycles. The molecule has 0 radical (unpaired) electrons. The molecule has 0 unspecified atom stereocenters. The molecule has 0 aromatic heterocycles. The van der Waals surface area contributed by atoms with Crippen molar-refractivity contribution in [3.63, 3.8) is 0 Å². The van der Waals surface area contributed by atoms with Gasteiger partial charge in [0.1, 0.15) is 0 Å². The average molecular weight is 257 g/mol. The van der Waals surface area contributed by atoms with Gasteiger partial charge in [0.2, 0.25) is 0 Å². The minimum absolute atomic E-state index is 0.0572. The number of nitro groups is 1. The second-order valence-corrected chi connectivity index (χ2v) is 4.48. The van der Waals surface area contributed by atoms with Gasteiger partial charge < -0.3 is 10.5 Å². The van der Waals surface area contributed by atoms with E-state index in [1.165, 1.54) is 12.1 Å². The number of nitro benzene ring substituents is 1. The Kier molecular flexibility index (Phi) is 5.75. The number of aliphatic hydroxyl groups is 1. The van der Waals surface area contributed by atoms with Gasteiger partial charge in [-0.25, -0.2) is 0 Å². The Morgan fingerprint density at radius 3 is 2.88 bits per heavy atom. The number of thioether (sulfide) groups is 1. The molecule has 0 aliphatic heterocycles. The van der Waals surface area contributed by atoms with Gasteiger partial charge in [-0.1, -0.05) is 0 Å². The highest BCUT2D eigenvalue weighted by Gasteiger charge is 2.10. The van der Waals surface area contributed by atoms with Gasteiger partial charge in [-0.2, -0.15) is 11.8 Å². The number of non-ortho nitro benzene ring substituents is 1. The van der Waals surface area contributed by atoms with Gasteiger partial charge in [0.15, 0.2) is 0 Å². The Morgan fingerprint density at radius 2 is 2.29 bits per heavy atom. The van der Waals surface area contributed by atoms with E-state index in [0.717, 1.165) is 11.3 Å². The Hall–Kier alpha value is -1.31. The summed E-state index contributed by atoms with van der Waals surface area (Å²) < 4.78 is 0. The van der Waals surface area contributed by atoms with Gasteiger partial charge in [0.05, 0.1) is 10.6 Å². The van der Waals surface area contributed by atoms with E-state index in [2.05, 4.69) is 5.43 Å². The molecule has 7 heteroatoms. The summed E-state index contributed by atoms with van der Waals surface area (Å²) in [7, 11) is 0. The number of hydrogen-bond acceptors (Lipinski definition) is 6. The van der Waals surface area contributed by atoms with Crippen LogP contribution in [-0.4, -0.2) is 22.4 Å². The van der Waals surface area contributed by atoms with Gasteiger partial charge in [-0.05, 0) is 23.8 Å². The molecule has 0 spiro atoms. The van der Waals surface area contributed by atoms with E-state index < -0.39 is 4.92 Å². The molecule has 1 rings (SSSR count). The van der Waals surface area contributed by atoms with Crippen LogP contribution in [0.5, 0.6) is 0 Å². The highest BCUT2D eigenvalue weighted by Crippen LogP contribution is 2.25. The highest BCUT2D eigenvalue weighted by molar-refractivity contribution is 7.98. The second kappa shape index (κ2) is 7.10. The van der Waals surface area contributed by atoms with Crippen LogP contribution in [0.4, 0.5) is 11.4 Å². The van der Waals surface area contributed by atoms with Crippen LogP contribution in [0, 0.1) is 10.1 Å². The summed E-state index contributed by atoms with van der Waals surface area (Å²) in [5.41, 5.74) is 4.06. The topological polar surface area (TPSA) is 101 Å². The molecule has 4 N–H and O–H groups in total. The molecule has 1 aromatic rings. The standard InChI is InChI=1S/C10H15N3O3S/c11-12-10-3-2-9(13(15)16)6-8(10)7-17-5-1-4-14/h2-3,6,12,14H,1,4-5,7,11H2. The molecule has 17 heavy (non-hydrogen) atoms. The minimum atomic E-state index is -0.428. The summed E-state index contributed by atoms with van der Waals surface area (Å²) in [6, 6.07) is 4.53. The number of rotatable bonds is 7. The van der Waals surface area contributed by atoms with Gasteiger partial charge >= 0.3 is 0 Å². The van der Waals surface area contributed by atoms with Gasteiger partial charge in [0.25, 0.3) is 5.69 Å². The monoisotopic (exact) mass is 257 g/mol. The van der Waals surface area contributed by atoms with Gasteiger partial charge in [0, 0.05) is 24.5 Å². The SMILES string of the molecule is NNc1ccc([N+](=O)[O-])cc1CSCCCO. The van der Waals surface area contributed by atoms with E-state index >= 15 is 0 Å². The van der Waals surface area contributed by atoms with Crippen LogP contribution in [0.2, 0.25) is 0 Å². The number of anilines is 1. The normalized spacial score (nSPS) is 10.2. The van der Waals surface area contributed by atoms with Crippen molar-refractivity contribution in [1.82, 2.24) is 0 Å². The molecule has 6 nitrogen and oxygen atoms in total. The van der Waals surface area contributed by atoms with E-state index in [9.17, 15) is 10.1 Å². The first kappa shape index (κ1) is 13.8. The lowest BCUT2D eigenvalue weighted by Crippen LogP contribution is -2.09. The predicted octanol–water partition coefficient (Wildman–Crippen LogP) is 1.50. The van der Waals surface area contributed by atoms with E-state index in [4.69, 9.17) is 10.9 Å². The number of hydrogen-bond donors (Lipinski definition) is 3. The lowest BCUT2D eigenvalue weighted by molar-refractivity contribution is -0.384. The number of benzene rings is 1. The van der Waals surface area contributed by atoms with Crippen molar-refractivity contribution < 1.29 is 10.0 Å². The number of nitrogens with zero attached hydrogens (tertiary/aromatic N) is 1. The molecule has 0 heterocycles. The van der Waals surface area contributed by atoms with Gasteiger partial charge in [-0.3, -0.25) is 16.0 Å². The van der Waals surface area contributed by atoms with E-state index in [0.29, 0.717) is 17.9 Å². The van der Waals surface area contributed by atoms with E-state index in [1.807, 2.05) is 0 Å². The quantitative estimate of drug-likeness (QED) is 0.296. The number of nitrogens with one attached hydrogen (secondary N) is 1. The number of hydrazine groups is 1. The Bertz CT molecular complexity index is 387. The molecule has 0 saturated carbocycles. The number of nitrogen functional groups attached to an aromatic ring is 1. The highest BCUT2D eigenvalue weighted by atomic mass is 32.2. The van der Waals surface area contributed by atoms with Crippen molar-refractivity contribution in [3.8, 4) is 0 Å². The van der Waals surface area contributed by atoms with Crippen LogP contribution in [0.1, 0.15) is 12.0 Å². The fraction of sp³-hybridized carbons (Fsp3) is 0.400. The summed E-state index contributed by atoms with van der Waals surface area (Å²) in [5, 5.41) is 19.3. The third-order valence-corrected chi connectivity index (χ3v) is 3.25. The second-order valence-electron chi connectivity index (χ2n) is 3.37. The van der Waals surface area contributed by atoms with Crippen LogP contribution in [-0.2, 0) is 5.75 Å². The predicted molar refractivity (Wildman–Crippen MR) is 68.8 cm³/mol. The fourth-order valence-corrected chi connectivity index (χ4v) is 2.24. The molecule has 0 atom stereocenters. The largest absolute Gasteiger partial charge is 0.396 e. The van der Waals surface area contributed by atoms with Crippen LogP contribution >= 0.6 is 11.8 Å². The fourth-order valence-electron chi connectivity index (χ4n) is 1.30. The Morgan fingerprint density at radius 1 is 1.53 bits per heavy atom. The smallest absolute Gasteiger partial charge is 0.269 e. The molecule has 0 bridgehead atoms. The van der Waals surface area contributed by atoms with Crippen molar-refractivity contribution in [2.24, 2.45) is 5.84 Å². The lowest BCUT2D eigenvalue weighted by Gasteiger charge is -2.08. The number of aliphatic hydroxyl groups excluding tert-OH is 1. The minimum Gasteiger partial charge on any atom is -0.396 e. The molecule has 0 fully saturated rings. The molecular formula is C10H15N3O3S. The zero-order valence-corrected chi connectivity index (χ0v) is 10.1. The van der Waals surface area contributed by atoms with Crippen molar-refractivity contribution in [1.29, 1.82) is 0 Å². The summed E-state index contributed by atoms with van der Waals surface area (Å²) in [5.74, 6) is 6.77. The van der Waals surface area contributed by atoms with E-state index in [1.54, 1.807) is 17.8 Å². The molecule has 0 saturated heterocycles. The first-order valence-corrected chi connectivity index (χ1v) is 6.27. The summed E-state index contributed by atoms with van der Waals surface area (Å²) in [6.45, 7) is 0.157. The third kappa shape index (κ3) is 4.22. The van der Waals surface area contributed by atoms with Crippen LogP contribution in [0.25, 0.3) is 0 Å². The molecular weight excluding hydrogens is 242 g/mol. The maximum Gasteiger partial charge on any atom is 0.269 e. The number of nitrogens with two attached hydrogens (primary N) is 1. The first-order valence-electron chi connectivity index (χ1n) is 5.11. The summed E-state index contributed by atoms with van der Waals surface area (Å²) >= 11 is 1.60. The van der Waals surface area contributed by atoms with Gasteiger partial charge in [-0.15, -0.1) is 0 Å². The van der Waals surface area contributed by atoms with Crippen LogP contribution in [0.3, 0.4) is 0 Å². The van der Waals surface area contributed by atoms with Crippen molar-refractivity contribution >= 4 is 23.1 Å². The lowest BCUT2D eigenvalue weighted by atomic mass is 10.2. The maximum atomic E-state index is 10.6. The van der Waals surface area contributed by atoms with Crippen molar-refractivity contribution in [2.45, 2.75) is 12.2 Å². The summed E-state index contributed by atoms with van der Waals surface area (Å²) in [4.78, 5) is 10.2. The Balaban J connectivity index is 2.72. The molecule has 0 aliphatic carbocycles. The molecule has 94 valence electrons. The molecule has 0 aliphatic rings. The Labute approximate surface area is 103 Å². The third-order valence-electron chi connectivity index (χ3n) is 2.16.